The van der Waals surface area contributed by atoms with E-state index in [0.29, 0.717) is 29.6 Å². The van der Waals surface area contributed by atoms with Crippen LogP contribution in [0.3, 0.4) is 0 Å². The first kappa shape index (κ1) is 13.0. The second-order valence-corrected chi connectivity index (χ2v) is 6.03. The highest BCUT2D eigenvalue weighted by atomic mass is 32.2. The zero-order chi connectivity index (χ0) is 11.3. The summed E-state index contributed by atoms with van der Waals surface area (Å²) in [5, 5.41) is 0. The van der Waals surface area contributed by atoms with Gasteiger partial charge in [0.15, 0.2) is 0 Å². The van der Waals surface area contributed by atoms with E-state index in [1.165, 1.54) is 0 Å². The number of Topliss-reactive ketones (excluding diaryl/α,β-unsaturated/α-hetero) is 1. The molecule has 2 nitrogen and oxygen atoms in total. The molecule has 0 N–H and O–H groups in total. The lowest BCUT2D eigenvalue weighted by atomic mass is 9.79. The number of hydrogen-bond donors (Lipinski definition) is 0. The summed E-state index contributed by atoms with van der Waals surface area (Å²) in [7, 11) is 0. The van der Waals surface area contributed by atoms with E-state index in [-0.39, 0.29) is 4.75 Å². The molecule has 0 aromatic rings. The van der Waals surface area contributed by atoms with Crippen LogP contribution in [0.2, 0.25) is 0 Å². The van der Waals surface area contributed by atoms with Crippen molar-refractivity contribution in [1.82, 2.24) is 0 Å². The summed E-state index contributed by atoms with van der Waals surface area (Å²) >= 11 is 6.71. The molecule has 0 heterocycles. The van der Waals surface area contributed by atoms with Crippen LogP contribution in [0.15, 0.2) is 0 Å². The Morgan fingerprint density at radius 3 is 2.67 bits per heavy atom. The summed E-state index contributed by atoms with van der Waals surface area (Å²) in [6.07, 6.45) is 4.75. The minimum Gasteiger partial charge on any atom is -0.479 e. The first-order valence-electron chi connectivity index (χ1n) is 5.49. The topological polar surface area (TPSA) is 26.3 Å². The molecule has 0 bridgehead atoms. The van der Waals surface area contributed by atoms with E-state index in [4.69, 9.17) is 17.0 Å². The minimum absolute atomic E-state index is 0.0688. The van der Waals surface area contributed by atoms with Gasteiger partial charge in [0.1, 0.15) is 5.78 Å². The van der Waals surface area contributed by atoms with Crippen LogP contribution in [-0.4, -0.2) is 21.5 Å². The fourth-order valence-electron chi connectivity index (χ4n) is 1.79. The van der Waals surface area contributed by atoms with E-state index in [1.54, 1.807) is 11.8 Å². The van der Waals surface area contributed by atoms with Crippen LogP contribution in [0, 0.1) is 0 Å². The van der Waals surface area contributed by atoms with E-state index in [1.807, 2.05) is 6.92 Å². The van der Waals surface area contributed by atoms with Crippen molar-refractivity contribution < 1.29 is 9.53 Å². The van der Waals surface area contributed by atoms with Crippen molar-refractivity contribution in [1.29, 1.82) is 0 Å². The van der Waals surface area contributed by atoms with Crippen LogP contribution in [0.5, 0.6) is 0 Å². The zero-order valence-electron chi connectivity index (χ0n) is 9.38. The fourth-order valence-corrected chi connectivity index (χ4v) is 3.68. The minimum atomic E-state index is 0.0688. The Morgan fingerprint density at radius 2 is 2.20 bits per heavy atom. The van der Waals surface area contributed by atoms with Gasteiger partial charge in [-0.3, -0.25) is 4.79 Å². The zero-order valence-corrected chi connectivity index (χ0v) is 11.0. The maximum atomic E-state index is 11.1. The molecule has 0 aromatic heterocycles. The van der Waals surface area contributed by atoms with Gasteiger partial charge in [0.25, 0.3) is 0 Å². The van der Waals surface area contributed by atoms with Gasteiger partial charge >= 0.3 is 0 Å². The smallest absolute Gasteiger partial charge is 0.220 e. The molecule has 0 saturated heterocycles. The van der Waals surface area contributed by atoms with Gasteiger partial charge < -0.3 is 4.74 Å². The highest BCUT2D eigenvalue weighted by molar-refractivity contribution is 8.23. The summed E-state index contributed by atoms with van der Waals surface area (Å²) in [6, 6.07) is 0. The summed E-state index contributed by atoms with van der Waals surface area (Å²) in [6.45, 7) is 4.71. The Bertz CT molecular complexity index is 243. The van der Waals surface area contributed by atoms with Crippen molar-refractivity contribution in [2.75, 3.05) is 6.61 Å². The number of hydrogen-bond acceptors (Lipinski definition) is 4. The largest absolute Gasteiger partial charge is 0.479 e. The van der Waals surface area contributed by atoms with Gasteiger partial charge in [-0.1, -0.05) is 31.5 Å². The molecule has 86 valence electrons. The maximum Gasteiger partial charge on any atom is 0.220 e. The molecule has 0 atom stereocenters. The van der Waals surface area contributed by atoms with Crippen molar-refractivity contribution in [3.63, 3.8) is 0 Å². The van der Waals surface area contributed by atoms with Crippen LogP contribution < -0.4 is 0 Å². The lowest BCUT2D eigenvalue weighted by molar-refractivity contribution is -0.125. The molecule has 1 aliphatic carbocycles. The first-order chi connectivity index (χ1) is 7.12. The van der Waals surface area contributed by atoms with E-state index < -0.39 is 0 Å². The number of rotatable bonds is 5. The van der Waals surface area contributed by atoms with Crippen LogP contribution in [0.1, 0.15) is 46.0 Å². The Labute approximate surface area is 101 Å². The molecule has 0 amide bonds. The monoisotopic (exact) mass is 246 g/mol. The second kappa shape index (κ2) is 5.85. The Hall–Kier alpha value is -0.0900. The van der Waals surface area contributed by atoms with Crippen LogP contribution >= 0.6 is 24.0 Å². The average molecular weight is 246 g/mol. The fraction of sp³-hybridized carbons (Fsp3) is 0.818. The Balaban J connectivity index is 2.43. The molecule has 1 fully saturated rings. The third-order valence-corrected chi connectivity index (χ3v) is 4.16. The molecule has 15 heavy (non-hydrogen) atoms. The van der Waals surface area contributed by atoms with Crippen molar-refractivity contribution in [3.05, 3.63) is 0 Å². The summed E-state index contributed by atoms with van der Waals surface area (Å²) < 4.78 is 5.94. The van der Waals surface area contributed by atoms with E-state index >= 15 is 0 Å². The number of thioether (sulfide) groups is 1. The Kier molecular flexibility index (Phi) is 5.06. The molecule has 0 spiro atoms. The van der Waals surface area contributed by atoms with Crippen molar-refractivity contribution >= 4 is 34.1 Å². The van der Waals surface area contributed by atoms with Crippen molar-refractivity contribution in [2.24, 2.45) is 0 Å². The number of thiocarbonyl (C=S) groups is 1. The highest BCUT2D eigenvalue weighted by Crippen LogP contribution is 2.46. The molecule has 0 unspecified atom stereocenters. The number of ketones is 1. The van der Waals surface area contributed by atoms with Gasteiger partial charge in [0.2, 0.25) is 4.38 Å². The van der Waals surface area contributed by atoms with Crippen molar-refractivity contribution in [3.8, 4) is 0 Å². The number of unbranched alkanes of at least 4 members (excludes halogenated alkanes) is 1. The molecule has 0 aliphatic heterocycles. The SMILES string of the molecule is CCCCC1(SC(=S)OCC)CC(=O)C1. The number of carbonyl (C=O) groups excluding carboxylic acids is 1. The van der Waals surface area contributed by atoms with Crippen molar-refractivity contribution in [2.45, 2.75) is 50.7 Å². The van der Waals surface area contributed by atoms with Gasteiger partial charge in [0.05, 0.1) is 6.61 Å². The van der Waals surface area contributed by atoms with Gasteiger partial charge in [0, 0.05) is 17.6 Å². The molecule has 1 aliphatic rings. The molecular formula is C11H18O2S2. The average Bonchev–Trinajstić information content (AvgIpc) is 2.12. The summed E-state index contributed by atoms with van der Waals surface area (Å²) in [4.78, 5) is 11.1. The molecule has 4 heteroatoms. The van der Waals surface area contributed by atoms with Gasteiger partial charge in [-0.05, 0) is 25.6 Å². The quantitative estimate of drug-likeness (QED) is 0.695. The predicted octanol–water partition coefficient (Wildman–Crippen LogP) is 3.33. The lowest BCUT2D eigenvalue weighted by Crippen LogP contribution is -2.42. The van der Waals surface area contributed by atoms with E-state index in [2.05, 4.69) is 6.92 Å². The maximum absolute atomic E-state index is 11.1. The third-order valence-electron chi connectivity index (χ3n) is 2.59. The number of carbonyl (C=O) groups is 1. The van der Waals surface area contributed by atoms with Gasteiger partial charge in [-0.15, -0.1) is 0 Å². The third kappa shape index (κ3) is 3.76. The summed E-state index contributed by atoms with van der Waals surface area (Å²) in [5.41, 5.74) is 0. The van der Waals surface area contributed by atoms with Crippen LogP contribution in [0.4, 0.5) is 0 Å². The van der Waals surface area contributed by atoms with E-state index in [0.717, 1.165) is 19.3 Å². The predicted molar refractivity (Wildman–Crippen MR) is 68.3 cm³/mol. The normalized spacial score (nSPS) is 18.4. The van der Waals surface area contributed by atoms with Gasteiger partial charge in [-0.2, -0.15) is 0 Å². The molecule has 1 rings (SSSR count). The van der Waals surface area contributed by atoms with Gasteiger partial charge in [-0.25, -0.2) is 0 Å². The molecular weight excluding hydrogens is 228 g/mol. The lowest BCUT2D eigenvalue weighted by Gasteiger charge is -2.39. The summed E-state index contributed by atoms with van der Waals surface area (Å²) in [5.74, 6) is 0.359. The molecule has 1 saturated carbocycles. The molecule has 0 aromatic carbocycles. The van der Waals surface area contributed by atoms with Crippen LogP contribution in [0.25, 0.3) is 0 Å². The Morgan fingerprint density at radius 1 is 1.53 bits per heavy atom. The number of ether oxygens (including phenoxy) is 1. The molecule has 0 radical (unpaired) electrons. The second-order valence-electron chi connectivity index (χ2n) is 3.96. The highest BCUT2D eigenvalue weighted by Gasteiger charge is 2.44. The van der Waals surface area contributed by atoms with Crippen LogP contribution in [-0.2, 0) is 9.53 Å². The first-order valence-corrected chi connectivity index (χ1v) is 6.72. The standard InChI is InChI=1S/C11H18O2S2/c1-3-5-6-11(7-9(12)8-11)15-10(14)13-4-2/h3-8H2,1-2H3. The van der Waals surface area contributed by atoms with E-state index in [9.17, 15) is 4.79 Å².